The standard InChI is InChI=1S/C18H16FN5O2S/c1-11(16(25)21-17(20)26)27-18-23-22-15(12-7-9-13(19)10-8-12)24(18)14-5-3-2-4-6-14/h2-11H,1H3,(H3,20,21,25,26)/t11-/m1/s1. The van der Waals surface area contributed by atoms with Gasteiger partial charge in [-0.15, -0.1) is 10.2 Å². The second-order valence-electron chi connectivity index (χ2n) is 5.60. The number of rotatable bonds is 5. The monoisotopic (exact) mass is 385 g/mol. The van der Waals surface area contributed by atoms with Crippen molar-refractivity contribution >= 4 is 23.7 Å². The number of nitrogens with zero attached hydrogens (tertiary/aromatic N) is 3. The number of benzene rings is 2. The van der Waals surface area contributed by atoms with Gasteiger partial charge in [0.25, 0.3) is 0 Å². The van der Waals surface area contributed by atoms with Crippen molar-refractivity contribution in [3.8, 4) is 17.1 Å². The fourth-order valence-corrected chi connectivity index (χ4v) is 3.24. The van der Waals surface area contributed by atoms with Crippen LogP contribution in [0.2, 0.25) is 0 Å². The predicted octanol–water partition coefficient (Wildman–Crippen LogP) is 2.75. The van der Waals surface area contributed by atoms with E-state index in [-0.39, 0.29) is 5.82 Å². The molecule has 0 aliphatic heterocycles. The molecule has 2 aromatic carbocycles. The number of imide groups is 1. The number of hydrogen-bond donors (Lipinski definition) is 2. The molecule has 0 bridgehead atoms. The van der Waals surface area contributed by atoms with Crippen molar-refractivity contribution in [2.45, 2.75) is 17.3 Å². The van der Waals surface area contributed by atoms with E-state index in [1.165, 1.54) is 12.1 Å². The van der Waals surface area contributed by atoms with E-state index in [2.05, 4.69) is 10.2 Å². The van der Waals surface area contributed by atoms with Crippen LogP contribution in [0.3, 0.4) is 0 Å². The molecular weight excluding hydrogens is 369 g/mol. The van der Waals surface area contributed by atoms with Crippen molar-refractivity contribution in [3.63, 3.8) is 0 Å². The minimum Gasteiger partial charge on any atom is -0.351 e. The summed E-state index contributed by atoms with van der Waals surface area (Å²) < 4.78 is 15.0. The number of halogens is 1. The van der Waals surface area contributed by atoms with E-state index in [9.17, 15) is 14.0 Å². The fraction of sp³-hybridized carbons (Fsp3) is 0.111. The molecule has 1 heterocycles. The third-order valence-corrected chi connectivity index (χ3v) is 4.69. The van der Waals surface area contributed by atoms with Crippen LogP contribution < -0.4 is 11.1 Å². The number of carbonyl (C=O) groups is 2. The molecular formula is C18H16FN5O2S. The second kappa shape index (κ2) is 8.00. The average molecular weight is 385 g/mol. The van der Waals surface area contributed by atoms with Gasteiger partial charge in [-0.1, -0.05) is 30.0 Å². The molecule has 0 saturated carbocycles. The number of nitrogens with two attached hydrogens (primary N) is 1. The van der Waals surface area contributed by atoms with Crippen molar-refractivity contribution in [1.29, 1.82) is 0 Å². The molecule has 1 aromatic heterocycles. The van der Waals surface area contributed by atoms with Crippen LogP contribution in [-0.2, 0) is 4.79 Å². The van der Waals surface area contributed by atoms with E-state index in [0.29, 0.717) is 16.5 Å². The van der Waals surface area contributed by atoms with Crippen LogP contribution in [0.15, 0.2) is 59.8 Å². The van der Waals surface area contributed by atoms with Crippen molar-refractivity contribution in [3.05, 3.63) is 60.4 Å². The van der Waals surface area contributed by atoms with Gasteiger partial charge in [0.15, 0.2) is 11.0 Å². The molecule has 0 aliphatic rings. The topological polar surface area (TPSA) is 103 Å². The first kappa shape index (κ1) is 18.6. The number of primary amides is 1. The van der Waals surface area contributed by atoms with Crippen molar-refractivity contribution in [1.82, 2.24) is 20.1 Å². The molecule has 3 aromatic rings. The van der Waals surface area contributed by atoms with E-state index in [1.54, 1.807) is 23.6 Å². The Kier molecular flexibility index (Phi) is 5.51. The first-order valence-electron chi connectivity index (χ1n) is 7.99. The molecule has 27 heavy (non-hydrogen) atoms. The summed E-state index contributed by atoms with van der Waals surface area (Å²) in [6, 6.07) is 14.3. The lowest BCUT2D eigenvalue weighted by Gasteiger charge is -2.13. The quantitative estimate of drug-likeness (QED) is 0.658. The zero-order valence-electron chi connectivity index (χ0n) is 14.3. The van der Waals surface area contributed by atoms with Gasteiger partial charge in [-0.3, -0.25) is 14.7 Å². The molecule has 3 rings (SSSR count). The lowest BCUT2D eigenvalue weighted by molar-refractivity contribution is -0.119. The van der Waals surface area contributed by atoms with Crippen molar-refractivity contribution in [2.75, 3.05) is 0 Å². The zero-order chi connectivity index (χ0) is 19.4. The number of thioether (sulfide) groups is 1. The van der Waals surface area contributed by atoms with Crippen LogP contribution in [-0.4, -0.2) is 32.0 Å². The van der Waals surface area contributed by atoms with Crippen molar-refractivity contribution in [2.24, 2.45) is 5.73 Å². The van der Waals surface area contributed by atoms with Gasteiger partial charge in [0.05, 0.1) is 5.25 Å². The number of aromatic nitrogens is 3. The summed E-state index contributed by atoms with van der Waals surface area (Å²) in [6.07, 6.45) is 0. The number of nitrogens with one attached hydrogen (secondary N) is 1. The van der Waals surface area contributed by atoms with Crippen LogP contribution in [0.4, 0.5) is 9.18 Å². The molecule has 1 atom stereocenters. The summed E-state index contributed by atoms with van der Waals surface area (Å²) in [5.74, 6) is -0.375. The smallest absolute Gasteiger partial charge is 0.318 e. The van der Waals surface area contributed by atoms with Gasteiger partial charge in [0, 0.05) is 11.3 Å². The highest BCUT2D eigenvalue weighted by Crippen LogP contribution is 2.30. The normalized spacial score (nSPS) is 11.8. The number of amides is 3. The van der Waals surface area contributed by atoms with E-state index in [4.69, 9.17) is 5.73 Å². The minimum absolute atomic E-state index is 0.351. The number of hydrogen-bond acceptors (Lipinski definition) is 5. The molecule has 138 valence electrons. The largest absolute Gasteiger partial charge is 0.351 e. The zero-order valence-corrected chi connectivity index (χ0v) is 15.1. The number of carbonyl (C=O) groups excluding carboxylic acids is 2. The van der Waals surface area contributed by atoms with Gasteiger partial charge < -0.3 is 5.73 Å². The number of urea groups is 1. The van der Waals surface area contributed by atoms with Crippen LogP contribution in [0.5, 0.6) is 0 Å². The summed E-state index contributed by atoms with van der Waals surface area (Å²) in [7, 11) is 0. The molecule has 0 unspecified atom stereocenters. The molecule has 3 N–H and O–H groups in total. The molecule has 7 nitrogen and oxygen atoms in total. The molecule has 9 heteroatoms. The van der Waals surface area contributed by atoms with Gasteiger partial charge in [-0.25, -0.2) is 9.18 Å². The van der Waals surface area contributed by atoms with Gasteiger partial charge in [0.2, 0.25) is 5.91 Å². The van der Waals surface area contributed by atoms with Gasteiger partial charge in [-0.05, 0) is 43.3 Å². The Hall–Kier alpha value is -3.20. The summed E-state index contributed by atoms with van der Waals surface area (Å²) >= 11 is 1.13. The Morgan fingerprint density at radius 3 is 2.41 bits per heavy atom. The van der Waals surface area contributed by atoms with Crippen LogP contribution in [0.1, 0.15) is 6.92 Å². The maximum atomic E-state index is 13.3. The maximum absolute atomic E-state index is 13.3. The summed E-state index contributed by atoms with van der Waals surface area (Å²) in [5, 5.41) is 10.3. The predicted molar refractivity (Wildman–Crippen MR) is 99.8 cm³/mol. The lowest BCUT2D eigenvalue weighted by Crippen LogP contribution is -2.39. The number of para-hydroxylation sites is 1. The molecule has 0 radical (unpaired) electrons. The molecule has 0 saturated heterocycles. The highest BCUT2D eigenvalue weighted by atomic mass is 32.2. The van der Waals surface area contributed by atoms with Gasteiger partial charge in [0.1, 0.15) is 5.82 Å². The maximum Gasteiger partial charge on any atom is 0.318 e. The summed E-state index contributed by atoms with van der Waals surface area (Å²) in [4.78, 5) is 22.9. The SMILES string of the molecule is C[C@@H](Sc1nnc(-c2ccc(F)cc2)n1-c1ccccc1)C(=O)NC(N)=O. The second-order valence-corrected chi connectivity index (χ2v) is 6.91. The van der Waals surface area contributed by atoms with Gasteiger partial charge >= 0.3 is 6.03 Å². The van der Waals surface area contributed by atoms with Crippen LogP contribution >= 0.6 is 11.8 Å². The third-order valence-electron chi connectivity index (χ3n) is 3.65. The minimum atomic E-state index is -0.913. The average Bonchev–Trinajstić information content (AvgIpc) is 3.06. The Morgan fingerprint density at radius 1 is 1.11 bits per heavy atom. The summed E-state index contributed by atoms with van der Waals surface area (Å²) in [6.45, 7) is 1.63. The van der Waals surface area contributed by atoms with Crippen molar-refractivity contribution < 1.29 is 14.0 Å². The third kappa shape index (κ3) is 4.32. The molecule has 0 spiro atoms. The first-order valence-corrected chi connectivity index (χ1v) is 8.87. The Balaban J connectivity index is 2.01. The Labute approximate surface area is 158 Å². The van der Waals surface area contributed by atoms with E-state index in [1.807, 2.05) is 35.6 Å². The Bertz CT molecular complexity index is 960. The molecule has 0 aliphatic carbocycles. The van der Waals surface area contributed by atoms with Crippen LogP contribution in [0, 0.1) is 5.82 Å². The van der Waals surface area contributed by atoms with Gasteiger partial charge in [-0.2, -0.15) is 0 Å². The highest BCUT2D eigenvalue weighted by molar-refractivity contribution is 8.00. The Morgan fingerprint density at radius 2 is 1.78 bits per heavy atom. The van der Waals surface area contributed by atoms with E-state index in [0.717, 1.165) is 17.4 Å². The van der Waals surface area contributed by atoms with E-state index >= 15 is 0 Å². The lowest BCUT2D eigenvalue weighted by atomic mass is 10.2. The molecule has 0 fully saturated rings. The van der Waals surface area contributed by atoms with E-state index < -0.39 is 17.2 Å². The highest BCUT2D eigenvalue weighted by Gasteiger charge is 2.22. The van der Waals surface area contributed by atoms with Crippen LogP contribution in [0.25, 0.3) is 17.1 Å². The first-order chi connectivity index (χ1) is 13.0. The fourth-order valence-electron chi connectivity index (χ4n) is 2.38. The molecule has 3 amide bonds. The summed E-state index contributed by atoms with van der Waals surface area (Å²) in [5.41, 5.74) is 6.45.